The number of benzene rings is 2. The second kappa shape index (κ2) is 8.26. The van der Waals surface area contributed by atoms with Crippen LogP contribution in [0.1, 0.15) is 22.8 Å². The molecule has 2 amide bonds. The molecule has 2 aromatic carbocycles. The average molecular weight is 337 g/mol. The van der Waals surface area contributed by atoms with Gasteiger partial charge < -0.3 is 15.4 Å². The summed E-state index contributed by atoms with van der Waals surface area (Å²) in [5.41, 5.74) is 1.57. The summed E-state index contributed by atoms with van der Waals surface area (Å²) in [7, 11) is 0. The van der Waals surface area contributed by atoms with Gasteiger partial charge in [0.15, 0.2) is 0 Å². The van der Waals surface area contributed by atoms with Crippen molar-refractivity contribution in [1.82, 2.24) is 0 Å². The molecular formula is C18H15N3O4. The van der Waals surface area contributed by atoms with Gasteiger partial charge in [-0.2, -0.15) is 5.26 Å². The average Bonchev–Trinajstić information content (AvgIpc) is 2.63. The maximum Gasteiger partial charge on any atom is 0.338 e. The summed E-state index contributed by atoms with van der Waals surface area (Å²) in [6, 6.07) is 14.1. The Balaban J connectivity index is 1.95. The van der Waals surface area contributed by atoms with Crippen molar-refractivity contribution in [3.8, 4) is 6.07 Å². The van der Waals surface area contributed by atoms with E-state index in [1.165, 1.54) is 48.5 Å². The molecule has 2 aromatic rings. The Morgan fingerprint density at radius 1 is 0.920 bits per heavy atom. The Kier molecular flexibility index (Phi) is 5.85. The first-order chi connectivity index (χ1) is 12.0. The van der Waals surface area contributed by atoms with Crippen molar-refractivity contribution < 1.29 is 19.1 Å². The van der Waals surface area contributed by atoms with Crippen LogP contribution in [0.25, 0.3) is 0 Å². The third-order valence-corrected chi connectivity index (χ3v) is 3.13. The molecule has 0 heterocycles. The number of nitriles is 1. The molecule has 7 nitrogen and oxygen atoms in total. The lowest BCUT2D eigenvalue weighted by Crippen LogP contribution is -2.29. The van der Waals surface area contributed by atoms with E-state index in [0.29, 0.717) is 22.5 Å². The molecule has 0 atom stereocenters. The van der Waals surface area contributed by atoms with Crippen molar-refractivity contribution in [2.75, 3.05) is 17.2 Å². The summed E-state index contributed by atoms with van der Waals surface area (Å²) in [5, 5.41) is 13.6. The minimum absolute atomic E-state index is 0.271. The van der Waals surface area contributed by atoms with E-state index in [1.54, 1.807) is 6.92 Å². The number of carbonyl (C=O) groups is 3. The summed E-state index contributed by atoms with van der Waals surface area (Å²) in [6.07, 6.45) is 0. The van der Waals surface area contributed by atoms with Gasteiger partial charge in [0.05, 0.1) is 23.8 Å². The van der Waals surface area contributed by atoms with E-state index in [1.807, 2.05) is 6.07 Å². The van der Waals surface area contributed by atoms with Crippen LogP contribution in [0.4, 0.5) is 11.4 Å². The fraction of sp³-hybridized carbons (Fsp3) is 0.111. The number of nitrogens with zero attached hydrogens (tertiary/aromatic N) is 1. The Labute approximate surface area is 144 Å². The Morgan fingerprint density at radius 3 is 1.84 bits per heavy atom. The van der Waals surface area contributed by atoms with Crippen LogP contribution in [0.15, 0.2) is 48.5 Å². The van der Waals surface area contributed by atoms with E-state index in [2.05, 4.69) is 10.6 Å². The van der Waals surface area contributed by atoms with Crippen LogP contribution in [0.3, 0.4) is 0 Å². The van der Waals surface area contributed by atoms with Gasteiger partial charge in [0, 0.05) is 11.4 Å². The second-order valence-corrected chi connectivity index (χ2v) is 4.90. The second-order valence-electron chi connectivity index (χ2n) is 4.90. The number of hydrogen-bond donors (Lipinski definition) is 2. The molecule has 2 N–H and O–H groups in total. The maximum absolute atomic E-state index is 11.9. The Hall–Kier alpha value is -3.66. The molecule has 0 unspecified atom stereocenters. The summed E-state index contributed by atoms with van der Waals surface area (Å²) in [4.78, 5) is 35.3. The van der Waals surface area contributed by atoms with Crippen molar-refractivity contribution in [1.29, 1.82) is 5.26 Å². The number of esters is 1. The molecule has 0 fully saturated rings. The topological polar surface area (TPSA) is 108 Å². The fourth-order valence-electron chi connectivity index (χ4n) is 1.91. The highest BCUT2D eigenvalue weighted by molar-refractivity contribution is 6.43. The van der Waals surface area contributed by atoms with E-state index >= 15 is 0 Å². The van der Waals surface area contributed by atoms with Crippen LogP contribution in [-0.4, -0.2) is 24.4 Å². The molecule has 25 heavy (non-hydrogen) atoms. The van der Waals surface area contributed by atoms with E-state index < -0.39 is 17.8 Å². The Bertz CT molecular complexity index is 821. The van der Waals surface area contributed by atoms with E-state index in [9.17, 15) is 14.4 Å². The van der Waals surface area contributed by atoms with Crippen LogP contribution in [0.2, 0.25) is 0 Å². The van der Waals surface area contributed by atoms with Gasteiger partial charge in [0.25, 0.3) is 0 Å². The van der Waals surface area contributed by atoms with Crippen molar-refractivity contribution in [2.45, 2.75) is 6.92 Å². The smallest absolute Gasteiger partial charge is 0.338 e. The molecule has 0 aliphatic carbocycles. The first-order valence-corrected chi connectivity index (χ1v) is 7.43. The van der Waals surface area contributed by atoms with Crippen molar-refractivity contribution in [3.05, 3.63) is 59.7 Å². The Morgan fingerprint density at radius 2 is 1.40 bits per heavy atom. The monoisotopic (exact) mass is 337 g/mol. The number of carbonyl (C=O) groups excluding carboxylic acids is 3. The first kappa shape index (κ1) is 17.7. The van der Waals surface area contributed by atoms with Gasteiger partial charge >= 0.3 is 17.8 Å². The minimum Gasteiger partial charge on any atom is -0.462 e. The quantitative estimate of drug-likeness (QED) is 0.657. The number of anilines is 2. The lowest BCUT2D eigenvalue weighted by molar-refractivity contribution is -0.132. The zero-order chi connectivity index (χ0) is 18.2. The molecule has 0 saturated heterocycles. The summed E-state index contributed by atoms with van der Waals surface area (Å²) in [5.74, 6) is -2.16. The van der Waals surface area contributed by atoms with Crippen molar-refractivity contribution in [2.24, 2.45) is 0 Å². The van der Waals surface area contributed by atoms with Gasteiger partial charge in [0.2, 0.25) is 0 Å². The SMILES string of the molecule is CCOC(=O)c1ccc(NC(=O)C(=O)Nc2ccc(C#N)cc2)cc1. The number of rotatable bonds is 4. The molecule has 0 spiro atoms. The summed E-state index contributed by atoms with van der Waals surface area (Å²) < 4.78 is 4.86. The predicted molar refractivity (Wildman–Crippen MR) is 90.8 cm³/mol. The summed E-state index contributed by atoms with van der Waals surface area (Å²) >= 11 is 0. The van der Waals surface area contributed by atoms with Gasteiger partial charge in [0.1, 0.15) is 0 Å². The molecule has 2 rings (SSSR count). The number of amides is 2. The highest BCUT2D eigenvalue weighted by Crippen LogP contribution is 2.12. The van der Waals surface area contributed by atoms with Gasteiger partial charge in [-0.05, 0) is 55.5 Å². The van der Waals surface area contributed by atoms with E-state index in [0.717, 1.165) is 0 Å². The van der Waals surface area contributed by atoms with Crippen LogP contribution >= 0.6 is 0 Å². The molecule has 126 valence electrons. The van der Waals surface area contributed by atoms with Crippen molar-refractivity contribution in [3.63, 3.8) is 0 Å². The predicted octanol–water partition coefficient (Wildman–Crippen LogP) is 2.31. The third kappa shape index (κ3) is 4.91. The van der Waals surface area contributed by atoms with Crippen LogP contribution in [-0.2, 0) is 14.3 Å². The van der Waals surface area contributed by atoms with E-state index in [-0.39, 0.29) is 6.61 Å². The number of nitrogens with one attached hydrogen (secondary N) is 2. The highest BCUT2D eigenvalue weighted by Gasteiger charge is 2.14. The molecule has 0 radical (unpaired) electrons. The first-order valence-electron chi connectivity index (χ1n) is 7.43. The van der Waals surface area contributed by atoms with Crippen LogP contribution in [0, 0.1) is 11.3 Å². The molecule has 0 bridgehead atoms. The van der Waals surface area contributed by atoms with Gasteiger partial charge in [-0.1, -0.05) is 0 Å². The van der Waals surface area contributed by atoms with Crippen molar-refractivity contribution >= 4 is 29.2 Å². The zero-order valence-electron chi connectivity index (χ0n) is 13.4. The molecule has 7 heteroatoms. The summed E-state index contributed by atoms with van der Waals surface area (Å²) in [6.45, 7) is 1.98. The van der Waals surface area contributed by atoms with E-state index in [4.69, 9.17) is 10.00 Å². The van der Waals surface area contributed by atoms with Gasteiger partial charge in [-0.3, -0.25) is 9.59 Å². The standard InChI is InChI=1S/C18H15N3O4/c1-2-25-18(24)13-5-9-15(10-6-13)21-17(23)16(22)20-14-7-3-12(11-19)4-8-14/h3-10H,2H2,1H3,(H,20,22)(H,21,23). The molecule has 0 aliphatic heterocycles. The van der Waals surface area contributed by atoms with Crippen LogP contribution in [0.5, 0.6) is 0 Å². The lowest BCUT2D eigenvalue weighted by atomic mass is 10.2. The molecular weight excluding hydrogens is 322 g/mol. The minimum atomic E-state index is -0.853. The molecule has 0 saturated carbocycles. The molecule has 0 aliphatic rings. The molecule has 0 aromatic heterocycles. The maximum atomic E-state index is 11.9. The fourth-order valence-corrected chi connectivity index (χ4v) is 1.91. The third-order valence-electron chi connectivity index (χ3n) is 3.13. The lowest BCUT2D eigenvalue weighted by Gasteiger charge is -2.07. The normalized spacial score (nSPS) is 9.60. The zero-order valence-corrected chi connectivity index (χ0v) is 13.4. The van der Waals surface area contributed by atoms with Crippen LogP contribution < -0.4 is 10.6 Å². The number of ether oxygens (including phenoxy) is 1. The van der Waals surface area contributed by atoms with Gasteiger partial charge in [-0.15, -0.1) is 0 Å². The largest absolute Gasteiger partial charge is 0.462 e. The highest BCUT2D eigenvalue weighted by atomic mass is 16.5. The number of hydrogen-bond acceptors (Lipinski definition) is 5. The van der Waals surface area contributed by atoms with Gasteiger partial charge in [-0.25, -0.2) is 4.79 Å².